The summed E-state index contributed by atoms with van der Waals surface area (Å²) in [6.45, 7) is 0. The molecule has 0 saturated carbocycles. The lowest BCUT2D eigenvalue weighted by molar-refractivity contribution is 0.627. The van der Waals surface area contributed by atoms with E-state index in [9.17, 15) is 4.39 Å². The van der Waals surface area contributed by atoms with Gasteiger partial charge in [-0.1, -0.05) is 54.6 Å². The van der Waals surface area contributed by atoms with Crippen LogP contribution in [0.25, 0.3) is 22.8 Å². The molecule has 0 bridgehead atoms. The fourth-order valence-electron chi connectivity index (χ4n) is 4.37. The van der Waals surface area contributed by atoms with Crippen LogP contribution in [0.3, 0.4) is 0 Å². The van der Waals surface area contributed by atoms with Crippen molar-refractivity contribution in [1.29, 1.82) is 0 Å². The molecule has 0 N–H and O–H groups in total. The van der Waals surface area contributed by atoms with Crippen molar-refractivity contribution in [2.75, 3.05) is 0 Å². The van der Waals surface area contributed by atoms with Crippen LogP contribution in [-0.4, -0.2) is 0 Å². The van der Waals surface area contributed by atoms with Gasteiger partial charge in [-0.25, -0.2) is 4.39 Å². The minimum absolute atomic E-state index is 0.170. The molecule has 2 aliphatic carbocycles. The highest BCUT2D eigenvalue weighted by atomic mass is 19.1. The third-order valence-corrected chi connectivity index (χ3v) is 5.53. The molecule has 0 spiro atoms. The number of hydrogen-bond acceptors (Lipinski definition) is 0. The van der Waals surface area contributed by atoms with E-state index in [4.69, 9.17) is 0 Å². The van der Waals surface area contributed by atoms with Crippen molar-refractivity contribution >= 4 is 11.6 Å². The zero-order valence-corrected chi connectivity index (χ0v) is 14.1. The van der Waals surface area contributed by atoms with Crippen LogP contribution in [-0.2, 0) is 12.8 Å². The summed E-state index contributed by atoms with van der Waals surface area (Å²) in [4.78, 5) is 0. The molecule has 1 heteroatoms. The van der Waals surface area contributed by atoms with Gasteiger partial charge in [0.1, 0.15) is 5.82 Å². The average molecular weight is 326 g/mol. The van der Waals surface area contributed by atoms with Crippen LogP contribution in [0.4, 0.5) is 4.39 Å². The number of rotatable bonds is 1. The van der Waals surface area contributed by atoms with Gasteiger partial charge in [-0.05, 0) is 81.6 Å². The van der Waals surface area contributed by atoms with Crippen molar-refractivity contribution in [2.45, 2.75) is 25.7 Å². The molecule has 122 valence electrons. The zero-order chi connectivity index (χ0) is 16.8. The van der Waals surface area contributed by atoms with Crippen molar-refractivity contribution in [3.63, 3.8) is 0 Å². The summed E-state index contributed by atoms with van der Waals surface area (Å²) in [7, 11) is 0. The van der Waals surface area contributed by atoms with Crippen LogP contribution in [0, 0.1) is 5.82 Å². The summed E-state index contributed by atoms with van der Waals surface area (Å²) in [5.41, 5.74) is 8.04. The van der Waals surface area contributed by atoms with E-state index in [0.29, 0.717) is 0 Å². The first kappa shape index (κ1) is 14.7. The molecule has 0 heterocycles. The highest BCUT2D eigenvalue weighted by molar-refractivity contribution is 5.77. The fraction of sp³-hybridized carbons (Fsp3) is 0.167. The third kappa shape index (κ3) is 2.34. The molecule has 0 radical (unpaired) electrons. The molecule has 0 aromatic heterocycles. The minimum Gasteiger partial charge on any atom is -0.207 e. The van der Waals surface area contributed by atoms with Crippen molar-refractivity contribution in [2.24, 2.45) is 0 Å². The Morgan fingerprint density at radius 2 is 1.56 bits per heavy atom. The number of halogens is 1. The van der Waals surface area contributed by atoms with Crippen LogP contribution in [0.1, 0.15) is 29.5 Å². The first-order valence-electron chi connectivity index (χ1n) is 9.01. The van der Waals surface area contributed by atoms with E-state index >= 15 is 0 Å². The van der Waals surface area contributed by atoms with E-state index in [-0.39, 0.29) is 5.82 Å². The van der Waals surface area contributed by atoms with Gasteiger partial charge < -0.3 is 0 Å². The van der Waals surface area contributed by atoms with E-state index in [1.165, 1.54) is 38.3 Å². The van der Waals surface area contributed by atoms with Crippen LogP contribution < -0.4 is 10.4 Å². The molecule has 0 atom stereocenters. The number of fused-ring (bicyclic) bond motifs is 5. The van der Waals surface area contributed by atoms with Gasteiger partial charge in [-0.3, -0.25) is 0 Å². The van der Waals surface area contributed by atoms with Gasteiger partial charge in [0.25, 0.3) is 0 Å². The van der Waals surface area contributed by atoms with Crippen LogP contribution in [0.15, 0.2) is 60.7 Å². The molecular weight excluding hydrogens is 307 g/mol. The largest absolute Gasteiger partial charge is 0.207 e. The van der Waals surface area contributed by atoms with Crippen LogP contribution >= 0.6 is 0 Å². The SMILES string of the molecule is Fc1ccc(C2=c3c(ccc4c3=CCc3ccccc3-4)CCC2)cc1. The van der Waals surface area contributed by atoms with Gasteiger partial charge in [0.2, 0.25) is 0 Å². The Kier molecular flexibility index (Phi) is 3.34. The summed E-state index contributed by atoms with van der Waals surface area (Å²) < 4.78 is 13.4. The van der Waals surface area contributed by atoms with Gasteiger partial charge in [0, 0.05) is 0 Å². The summed E-state index contributed by atoms with van der Waals surface area (Å²) >= 11 is 0. The molecule has 0 saturated heterocycles. The van der Waals surface area contributed by atoms with Crippen molar-refractivity contribution in [3.05, 3.63) is 93.6 Å². The molecule has 25 heavy (non-hydrogen) atoms. The number of benzene rings is 3. The van der Waals surface area contributed by atoms with Crippen LogP contribution in [0.5, 0.6) is 0 Å². The second-order valence-corrected chi connectivity index (χ2v) is 6.97. The molecule has 3 aromatic carbocycles. The Balaban J connectivity index is 1.86. The van der Waals surface area contributed by atoms with E-state index in [1.54, 1.807) is 12.1 Å². The molecule has 0 fully saturated rings. The minimum atomic E-state index is -0.170. The average Bonchev–Trinajstić information content (AvgIpc) is 2.67. The van der Waals surface area contributed by atoms with Gasteiger partial charge in [-0.2, -0.15) is 0 Å². The second-order valence-electron chi connectivity index (χ2n) is 6.97. The molecular formula is C24H19F. The lowest BCUT2D eigenvalue weighted by atomic mass is 9.83. The molecule has 2 aliphatic rings. The molecule has 0 unspecified atom stereocenters. The first-order valence-corrected chi connectivity index (χ1v) is 9.01. The third-order valence-electron chi connectivity index (χ3n) is 5.53. The van der Waals surface area contributed by atoms with Crippen molar-refractivity contribution < 1.29 is 4.39 Å². The van der Waals surface area contributed by atoms with Gasteiger partial charge in [-0.15, -0.1) is 0 Å². The normalized spacial score (nSPS) is 15.0. The maximum Gasteiger partial charge on any atom is 0.123 e. The Labute approximate surface area is 147 Å². The summed E-state index contributed by atoms with van der Waals surface area (Å²) in [6.07, 6.45) is 6.71. The highest BCUT2D eigenvalue weighted by Crippen LogP contribution is 2.27. The Hall–Kier alpha value is -2.67. The van der Waals surface area contributed by atoms with Gasteiger partial charge >= 0.3 is 0 Å². The van der Waals surface area contributed by atoms with Gasteiger partial charge in [0.15, 0.2) is 0 Å². The van der Waals surface area contributed by atoms with E-state index in [0.717, 1.165) is 31.2 Å². The number of hydrogen-bond donors (Lipinski definition) is 0. The smallest absolute Gasteiger partial charge is 0.123 e. The monoisotopic (exact) mass is 326 g/mol. The fourth-order valence-corrected chi connectivity index (χ4v) is 4.37. The quantitative estimate of drug-likeness (QED) is 0.623. The van der Waals surface area contributed by atoms with Gasteiger partial charge in [0.05, 0.1) is 0 Å². The summed E-state index contributed by atoms with van der Waals surface area (Å²) in [5.74, 6) is -0.170. The first-order chi connectivity index (χ1) is 12.3. The Morgan fingerprint density at radius 3 is 2.44 bits per heavy atom. The van der Waals surface area contributed by atoms with E-state index in [1.807, 2.05) is 12.1 Å². The predicted molar refractivity (Wildman–Crippen MR) is 101 cm³/mol. The Morgan fingerprint density at radius 1 is 0.720 bits per heavy atom. The van der Waals surface area contributed by atoms with E-state index in [2.05, 4.69) is 42.5 Å². The standard InChI is InChI=1S/C24H19F/c25-19-12-8-17(9-13-19)21-7-3-5-18-11-14-22-20-6-2-1-4-16(20)10-15-23(22)24(18)21/h1-2,4,6,8-9,11-15H,3,5,7,10H2. The lowest BCUT2D eigenvalue weighted by Gasteiger charge is -2.21. The predicted octanol–water partition coefficient (Wildman–Crippen LogP) is 4.36. The lowest BCUT2D eigenvalue weighted by Crippen LogP contribution is -2.36. The topological polar surface area (TPSA) is 0 Å². The number of aryl methyl sites for hydroxylation is 1. The molecule has 5 rings (SSSR count). The van der Waals surface area contributed by atoms with E-state index < -0.39 is 0 Å². The summed E-state index contributed by atoms with van der Waals surface area (Å²) in [6, 6.07) is 20.3. The van der Waals surface area contributed by atoms with Crippen LogP contribution in [0.2, 0.25) is 0 Å². The van der Waals surface area contributed by atoms with Crippen molar-refractivity contribution in [1.82, 2.24) is 0 Å². The maximum atomic E-state index is 13.4. The molecule has 0 aliphatic heterocycles. The highest BCUT2D eigenvalue weighted by Gasteiger charge is 2.17. The molecule has 0 nitrogen and oxygen atoms in total. The second kappa shape index (κ2) is 5.70. The molecule has 3 aromatic rings. The zero-order valence-electron chi connectivity index (χ0n) is 14.1. The maximum absolute atomic E-state index is 13.4. The summed E-state index contributed by atoms with van der Waals surface area (Å²) in [5, 5.41) is 2.76. The van der Waals surface area contributed by atoms with Crippen molar-refractivity contribution in [3.8, 4) is 11.1 Å². The Bertz CT molecular complexity index is 1090. The molecule has 0 amide bonds.